The molecule has 1 fully saturated rings. The van der Waals surface area contributed by atoms with E-state index in [4.69, 9.17) is 11.6 Å². The van der Waals surface area contributed by atoms with Gasteiger partial charge < -0.3 is 9.80 Å². The molecule has 1 saturated heterocycles. The smallest absolute Gasteiger partial charge is 0.257 e. The lowest BCUT2D eigenvalue weighted by molar-refractivity contribution is -0.130. The third-order valence-electron chi connectivity index (χ3n) is 3.21. The van der Waals surface area contributed by atoms with E-state index in [1.165, 1.54) is 11.9 Å². The second kappa shape index (κ2) is 6.17. The first-order valence-electron chi connectivity index (χ1n) is 6.33. The molecule has 0 spiro atoms. The molecule has 1 aromatic rings. The predicted molar refractivity (Wildman–Crippen MR) is 72.0 cm³/mol. The van der Waals surface area contributed by atoms with Gasteiger partial charge in [-0.2, -0.15) is 0 Å². The highest BCUT2D eigenvalue weighted by molar-refractivity contribution is 6.32. The molecule has 1 aliphatic rings. The molecule has 2 amide bonds. The maximum atomic E-state index is 13.1. The molecule has 0 aromatic carbocycles. The van der Waals surface area contributed by atoms with E-state index >= 15 is 0 Å². The van der Waals surface area contributed by atoms with Crippen molar-refractivity contribution in [1.29, 1.82) is 0 Å². The number of halogens is 2. The number of nitrogens with zero attached hydrogens (tertiary/aromatic N) is 3. The minimum atomic E-state index is -0.642. The zero-order valence-corrected chi connectivity index (χ0v) is 11.9. The lowest BCUT2D eigenvalue weighted by Gasteiger charge is -2.21. The van der Waals surface area contributed by atoms with E-state index < -0.39 is 11.7 Å². The van der Waals surface area contributed by atoms with Crippen LogP contribution in [0, 0.1) is 5.82 Å². The van der Waals surface area contributed by atoms with Crippen molar-refractivity contribution >= 4 is 23.4 Å². The highest BCUT2D eigenvalue weighted by atomic mass is 35.5. The summed E-state index contributed by atoms with van der Waals surface area (Å²) in [4.78, 5) is 30.6. The van der Waals surface area contributed by atoms with Crippen molar-refractivity contribution < 1.29 is 14.0 Å². The summed E-state index contributed by atoms with van der Waals surface area (Å²) in [7, 11) is 1.48. The first kappa shape index (κ1) is 14.7. The Kier molecular flexibility index (Phi) is 4.54. The fourth-order valence-corrected chi connectivity index (χ4v) is 2.30. The van der Waals surface area contributed by atoms with Crippen LogP contribution < -0.4 is 0 Å². The molecule has 1 aromatic heterocycles. The lowest BCUT2D eigenvalue weighted by atomic mass is 10.2. The molecule has 0 radical (unpaired) electrons. The highest BCUT2D eigenvalue weighted by Gasteiger charge is 2.23. The van der Waals surface area contributed by atoms with Gasteiger partial charge in [0, 0.05) is 20.1 Å². The normalized spacial score (nSPS) is 14.4. The fraction of sp³-hybridized carbons (Fsp3) is 0.462. The Labute approximate surface area is 121 Å². The summed E-state index contributed by atoms with van der Waals surface area (Å²) >= 11 is 5.78. The molecule has 7 heteroatoms. The number of carbonyl (C=O) groups is 2. The second-order valence-corrected chi connectivity index (χ2v) is 5.10. The van der Waals surface area contributed by atoms with Crippen molar-refractivity contribution in [2.45, 2.75) is 12.8 Å². The standard InChI is InChI=1S/C13H15ClFN3O2/c1-17(8-11(19)18-4-2-3-5-18)13(20)10-6-9(15)7-16-12(10)14/h6-7H,2-5,8H2,1H3. The summed E-state index contributed by atoms with van der Waals surface area (Å²) in [5, 5.41) is -0.0723. The molecule has 0 saturated carbocycles. The topological polar surface area (TPSA) is 53.5 Å². The Balaban J connectivity index is 2.04. The molecule has 20 heavy (non-hydrogen) atoms. The molecule has 108 valence electrons. The van der Waals surface area contributed by atoms with Crippen LogP contribution in [-0.4, -0.2) is 53.3 Å². The van der Waals surface area contributed by atoms with Crippen LogP contribution >= 0.6 is 11.6 Å². The summed E-state index contributed by atoms with van der Waals surface area (Å²) in [6.45, 7) is 1.40. The van der Waals surface area contributed by atoms with E-state index in [9.17, 15) is 14.0 Å². The van der Waals surface area contributed by atoms with Crippen LogP contribution in [0.2, 0.25) is 5.15 Å². The number of likely N-dealkylation sites (N-methyl/N-ethyl adjacent to an activating group) is 1. The minimum absolute atomic E-state index is 0.0385. The van der Waals surface area contributed by atoms with Gasteiger partial charge in [-0.1, -0.05) is 11.6 Å². The summed E-state index contributed by atoms with van der Waals surface area (Å²) in [6.07, 6.45) is 2.92. The van der Waals surface area contributed by atoms with Crippen molar-refractivity contribution in [3.8, 4) is 0 Å². The molecule has 2 rings (SSSR count). The highest BCUT2D eigenvalue weighted by Crippen LogP contribution is 2.16. The van der Waals surface area contributed by atoms with Crippen molar-refractivity contribution in [2.75, 3.05) is 26.7 Å². The fourth-order valence-electron chi connectivity index (χ4n) is 2.12. The van der Waals surface area contributed by atoms with Gasteiger partial charge in [-0.3, -0.25) is 9.59 Å². The third kappa shape index (κ3) is 3.25. The Morgan fingerprint density at radius 1 is 1.45 bits per heavy atom. The zero-order chi connectivity index (χ0) is 14.7. The molecule has 0 unspecified atom stereocenters. The minimum Gasteiger partial charge on any atom is -0.341 e. The number of pyridine rings is 1. The van der Waals surface area contributed by atoms with Crippen LogP contribution in [0.4, 0.5) is 4.39 Å². The average molecular weight is 300 g/mol. The molecule has 0 aliphatic carbocycles. The van der Waals surface area contributed by atoms with E-state index in [2.05, 4.69) is 4.98 Å². The van der Waals surface area contributed by atoms with Crippen LogP contribution in [0.3, 0.4) is 0 Å². The average Bonchev–Trinajstić information content (AvgIpc) is 2.94. The lowest BCUT2D eigenvalue weighted by Crippen LogP contribution is -2.40. The Morgan fingerprint density at radius 3 is 2.75 bits per heavy atom. The predicted octanol–water partition coefficient (Wildman–Crippen LogP) is 1.57. The third-order valence-corrected chi connectivity index (χ3v) is 3.52. The van der Waals surface area contributed by atoms with E-state index in [1.54, 1.807) is 4.90 Å². The van der Waals surface area contributed by atoms with Gasteiger partial charge in [0.05, 0.1) is 18.3 Å². The van der Waals surface area contributed by atoms with Gasteiger partial charge >= 0.3 is 0 Å². The Morgan fingerprint density at radius 2 is 2.10 bits per heavy atom. The summed E-state index contributed by atoms with van der Waals surface area (Å²) < 4.78 is 13.1. The summed E-state index contributed by atoms with van der Waals surface area (Å²) in [5.74, 6) is -1.27. The van der Waals surface area contributed by atoms with Crippen LogP contribution in [0.1, 0.15) is 23.2 Å². The molecular weight excluding hydrogens is 285 g/mol. The number of amides is 2. The Hall–Kier alpha value is -1.69. The van der Waals surface area contributed by atoms with Crippen LogP contribution in [-0.2, 0) is 4.79 Å². The first-order chi connectivity index (χ1) is 9.49. The molecule has 2 heterocycles. The van der Waals surface area contributed by atoms with Gasteiger partial charge in [-0.15, -0.1) is 0 Å². The quantitative estimate of drug-likeness (QED) is 0.796. The monoisotopic (exact) mass is 299 g/mol. The SMILES string of the molecule is CN(CC(=O)N1CCCC1)C(=O)c1cc(F)cnc1Cl. The van der Waals surface area contributed by atoms with Gasteiger partial charge in [0.15, 0.2) is 0 Å². The first-order valence-corrected chi connectivity index (χ1v) is 6.71. The summed E-state index contributed by atoms with van der Waals surface area (Å²) in [5.41, 5.74) is -0.0385. The number of hydrogen-bond acceptors (Lipinski definition) is 3. The number of hydrogen-bond donors (Lipinski definition) is 0. The molecule has 1 aliphatic heterocycles. The molecule has 0 N–H and O–H groups in total. The van der Waals surface area contributed by atoms with E-state index in [0.717, 1.165) is 38.2 Å². The van der Waals surface area contributed by atoms with Crippen molar-refractivity contribution in [3.63, 3.8) is 0 Å². The molecule has 0 atom stereocenters. The number of likely N-dealkylation sites (tertiary alicyclic amines) is 1. The van der Waals surface area contributed by atoms with Crippen LogP contribution in [0.5, 0.6) is 0 Å². The van der Waals surface area contributed by atoms with Gasteiger partial charge in [0.25, 0.3) is 5.91 Å². The van der Waals surface area contributed by atoms with Gasteiger partial charge in [0.1, 0.15) is 11.0 Å². The number of aromatic nitrogens is 1. The van der Waals surface area contributed by atoms with Gasteiger partial charge in [0.2, 0.25) is 5.91 Å². The van der Waals surface area contributed by atoms with Crippen molar-refractivity contribution in [3.05, 3.63) is 28.8 Å². The zero-order valence-electron chi connectivity index (χ0n) is 11.1. The van der Waals surface area contributed by atoms with Gasteiger partial charge in [-0.25, -0.2) is 9.37 Å². The maximum Gasteiger partial charge on any atom is 0.257 e. The van der Waals surface area contributed by atoms with E-state index in [-0.39, 0.29) is 23.2 Å². The number of rotatable bonds is 3. The van der Waals surface area contributed by atoms with Crippen LogP contribution in [0.25, 0.3) is 0 Å². The molecule has 0 bridgehead atoms. The van der Waals surface area contributed by atoms with Crippen molar-refractivity contribution in [2.24, 2.45) is 0 Å². The maximum absolute atomic E-state index is 13.1. The largest absolute Gasteiger partial charge is 0.341 e. The Bertz CT molecular complexity index is 532. The van der Waals surface area contributed by atoms with Crippen LogP contribution in [0.15, 0.2) is 12.3 Å². The summed E-state index contributed by atoms with van der Waals surface area (Å²) in [6, 6.07) is 1.02. The molecule has 5 nitrogen and oxygen atoms in total. The van der Waals surface area contributed by atoms with E-state index in [1.807, 2.05) is 0 Å². The van der Waals surface area contributed by atoms with E-state index in [0.29, 0.717) is 0 Å². The van der Waals surface area contributed by atoms with Gasteiger partial charge in [-0.05, 0) is 18.9 Å². The molecular formula is C13H15ClFN3O2. The number of carbonyl (C=O) groups excluding carboxylic acids is 2. The van der Waals surface area contributed by atoms with Crippen molar-refractivity contribution in [1.82, 2.24) is 14.8 Å². The second-order valence-electron chi connectivity index (χ2n) is 4.74.